The van der Waals surface area contributed by atoms with Gasteiger partial charge in [-0.2, -0.15) is 0 Å². The number of aromatic hydroxyl groups is 1. The maximum absolute atomic E-state index is 13.0. The number of benzene rings is 3. The highest BCUT2D eigenvalue weighted by Crippen LogP contribution is 2.43. The number of hydrogen-bond acceptors (Lipinski definition) is 4. The third kappa shape index (κ3) is 4.39. The number of rotatable bonds is 3. The third-order valence-electron chi connectivity index (χ3n) is 7.30. The van der Waals surface area contributed by atoms with E-state index in [2.05, 4.69) is 19.2 Å². The molecule has 35 heavy (non-hydrogen) atoms. The van der Waals surface area contributed by atoms with Crippen molar-refractivity contribution in [3.05, 3.63) is 74.4 Å². The van der Waals surface area contributed by atoms with Gasteiger partial charge in [-0.15, -0.1) is 0 Å². The van der Waals surface area contributed by atoms with Gasteiger partial charge < -0.3 is 14.8 Å². The Morgan fingerprint density at radius 1 is 1.03 bits per heavy atom. The first-order valence-corrected chi connectivity index (χ1v) is 12.5. The molecule has 1 fully saturated rings. The Morgan fingerprint density at radius 2 is 1.77 bits per heavy atom. The fourth-order valence-corrected chi connectivity index (χ4v) is 5.36. The molecule has 2 N–H and O–H groups in total. The van der Waals surface area contributed by atoms with Gasteiger partial charge in [0.1, 0.15) is 17.1 Å². The average molecular weight is 510 g/mol. The zero-order valence-corrected chi connectivity index (χ0v) is 20.9. The smallest absolute Gasteiger partial charge is 0.251 e. The van der Waals surface area contributed by atoms with Gasteiger partial charge in [-0.1, -0.05) is 62.0 Å². The first-order valence-electron chi connectivity index (χ1n) is 11.7. The van der Waals surface area contributed by atoms with Gasteiger partial charge >= 0.3 is 0 Å². The van der Waals surface area contributed by atoms with Gasteiger partial charge in [0.05, 0.1) is 10.0 Å². The van der Waals surface area contributed by atoms with Crippen LogP contribution in [0, 0.1) is 11.8 Å². The summed E-state index contributed by atoms with van der Waals surface area (Å²) >= 11 is 12.4. The van der Waals surface area contributed by atoms with Crippen LogP contribution in [-0.4, -0.2) is 17.1 Å². The monoisotopic (exact) mass is 509 g/mol. The van der Waals surface area contributed by atoms with Crippen molar-refractivity contribution >= 4 is 40.1 Å². The molecule has 1 aliphatic heterocycles. The van der Waals surface area contributed by atoms with Crippen LogP contribution >= 0.6 is 23.2 Å². The van der Waals surface area contributed by atoms with E-state index < -0.39 is 0 Å². The number of phenolic OH excluding ortho intramolecular Hbond substituents is 1. The molecular weight excluding hydrogens is 485 g/mol. The molecule has 0 bridgehead atoms. The first-order chi connectivity index (χ1) is 16.7. The number of hydrogen-bond donors (Lipinski definition) is 2. The van der Waals surface area contributed by atoms with Crippen molar-refractivity contribution in [1.29, 1.82) is 0 Å². The lowest BCUT2D eigenvalue weighted by Gasteiger charge is -2.34. The van der Waals surface area contributed by atoms with E-state index in [-0.39, 0.29) is 33.2 Å². The number of carbonyl (C=O) groups is 1. The highest BCUT2D eigenvalue weighted by molar-refractivity contribution is 6.33. The van der Waals surface area contributed by atoms with Crippen LogP contribution in [0.4, 0.5) is 0 Å². The molecule has 1 amide bonds. The predicted molar refractivity (Wildman–Crippen MR) is 140 cm³/mol. The summed E-state index contributed by atoms with van der Waals surface area (Å²) in [5.41, 5.74) is 2.76. The van der Waals surface area contributed by atoms with Crippen molar-refractivity contribution in [3.8, 4) is 28.2 Å². The molecule has 1 heterocycles. The lowest BCUT2D eigenvalue weighted by atomic mass is 9.78. The topological polar surface area (TPSA) is 79.5 Å². The van der Waals surface area contributed by atoms with Crippen LogP contribution in [0.25, 0.3) is 33.4 Å². The van der Waals surface area contributed by atoms with E-state index in [1.807, 2.05) is 12.1 Å². The molecule has 1 saturated carbocycles. The van der Waals surface area contributed by atoms with E-state index in [0.717, 1.165) is 24.0 Å². The Bertz CT molecular complexity index is 1460. The second kappa shape index (κ2) is 9.21. The number of phenols is 1. The molecule has 2 aromatic rings. The van der Waals surface area contributed by atoms with Crippen molar-refractivity contribution in [2.75, 3.05) is 0 Å². The third-order valence-corrected chi connectivity index (χ3v) is 7.90. The summed E-state index contributed by atoms with van der Waals surface area (Å²) < 4.78 is 5.90. The van der Waals surface area contributed by atoms with E-state index in [9.17, 15) is 14.7 Å². The fourth-order valence-electron chi connectivity index (χ4n) is 5.04. The lowest BCUT2D eigenvalue weighted by molar-refractivity contribution is 0.0891. The Labute approximate surface area is 213 Å². The quantitative estimate of drug-likeness (QED) is 0.288. The van der Waals surface area contributed by atoms with Gasteiger partial charge in [0.15, 0.2) is 0 Å². The summed E-state index contributed by atoms with van der Waals surface area (Å²) in [7, 11) is 0. The molecule has 3 aliphatic rings. The molecule has 0 saturated heterocycles. The Morgan fingerprint density at radius 3 is 2.51 bits per heavy atom. The highest BCUT2D eigenvalue weighted by Gasteiger charge is 2.28. The SMILES string of the molecule is CC1CCCC(NC(=O)c2ccc(-c3c4cc(Cl)c(=O)cc-4oc4cc(O)c(Cl)cc34)cc2)C1C. The number of nitrogens with one attached hydrogen (secondary N) is 1. The van der Waals surface area contributed by atoms with E-state index >= 15 is 0 Å². The molecule has 5 nitrogen and oxygen atoms in total. The minimum atomic E-state index is -0.357. The minimum absolute atomic E-state index is 0.0741. The first kappa shape index (κ1) is 23.7. The summed E-state index contributed by atoms with van der Waals surface area (Å²) in [4.78, 5) is 25.1. The van der Waals surface area contributed by atoms with Gasteiger partial charge in [-0.3, -0.25) is 9.59 Å². The number of fused-ring (bicyclic) bond motifs is 2. The minimum Gasteiger partial charge on any atom is -0.506 e. The van der Waals surface area contributed by atoms with Crippen LogP contribution in [0.15, 0.2) is 57.7 Å². The predicted octanol–water partition coefficient (Wildman–Crippen LogP) is 7.13. The molecule has 7 heteroatoms. The average Bonchev–Trinajstić information content (AvgIpc) is 2.83. The molecule has 2 aliphatic carbocycles. The van der Waals surface area contributed by atoms with Crippen LogP contribution in [-0.2, 0) is 0 Å². The number of halogens is 2. The van der Waals surface area contributed by atoms with Crippen LogP contribution in [0.3, 0.4) is 0 Å². The van der Waals surface area contributed by atoms with Crippen molar-refractivity contribution in [3.63, 3.8) is 0 Å². The summed E-state index contributed by atoms with van der Waals surface area (Å²) in [6, 6.07) is 13.4. The second-order valence-corrected chi connectivity index (χ2v) is 10.3. The molecule has 0 spiro atoms. The van der Waals surface area contributed by atoms with Crippen LogP contribution in [0.2, 0.25) is 10.0 Å². The number of amides is 1. The molecule has 3 unspecified atom stereocenters. The summed E-state index contributed by atoms with van der Waals surface area (Å²) in [6.45, 7) is 4.45. The normalized spacial score (nSPS) is 20.3. The van der Waals surface area contributed by atoms with Crippen molar-refractivity contribution < 1.29 is 14.3 Å². The summed E-state index contributed by atoms with van der Waals surface area (Å²) in [6.07, 6.45) is 3.32. The highest BCUT2D eigenvalue weighted by atomic mass is 35.5. The fraction of sp³-hybridized carbons (Fsp3) is 0.286. The Balaban J connectivity index is 1.57. The maximum Gasteiger partial charge on any atom is 0.251 e. The van der Waals surface area contributed by atoms with E-state index in [4.69, 9.17) is 27.6 Å². The zero-order valence-electron chi connectivity index (χ0n) is 19.4. The van der Waals surface area contributed by atoms with Crippen LogP contribution < -0.4 is 10.7 Å². The standard InChI is InChI=1S/C28H25Cl2NO4/c1-14-4-3-5-22(15(14)2)31-28(34)17-8-6-16(7-9-17)27-18-10-20(29)23(32)12-25(18)35-26-13-24(33)21(30)11-19(26)27/h6-15,22,32H,3-5H2,1-2H3,(H,31,34). The lowest BCUT2D eigenvalue weighted by Crippen LogP contribution is -2.43. The molecule has 0 radical (unpaired) electrons. The molecule has 0 aromatic heterocycles. The van der Waals surface area contributed by atoms with Gasteiger partial charge in [0, 0.05) is 40.3 Å². The van der Waals surface area contributed by atoms with E-state index in [1.165, 1.54) is 18.6 Å². The Hall–Kier alpha value is -3.02. The molecule has 2 aromatic carbocycles. The summed E-state index contributed by atoms with van der Waals surface area (Å²) in [5.74, 6) is 1.16. The number of carbonyl (C=O) groups excluding carboxylic acids is 1. The molecular formula is C28H25Cl2NO4. The second-order valence-electron chi connectivity index (χ2n) is 9.48. The van der Waals surface area contributed by atoms with Crippen LogP contribution in [0.1, 0.15) is 43.5 Å². The zero-order chi connectivity index (χ0) is 24.9. The van der Waals surface area contributed by atoms with E-state index in [0.29, 0.717) is 39.7 Å². The van der Waals surface area contributed by atoms with Gasteiger partial charge in [-0.05, 0) is 48.1 Å². The largest absolute Gasteiger partial charge is 0.506 e. The van der Waals surface area contributed by atoms with Gasteiger partial charge in [0.2, 0.25) is 5.43 Å². The van der Waals surface area contributed by atoms with Gasteiger partial charge in [-0.25, -0.2) is 0 Å². The molecule has 180 valence electrons. The maximum atomic E-state index is 13.0. The van der Waals surface area contributed by atoms with Crippen LogP contribution in [0.5, 0.6) is 5.75 Å². The van der Waals surface area contributed by atoms with Crippen molar-refractivity contribution in [2.24, 2.45) is 11.8 Å². The molecule has 5 rings (SSSR count). The van der Waals surface area contributed by atoms with Crippen molar-refractivity contribution in [2.45, 2.75) is 39.2 Å². The van der Waals surface area contributed by atoms with Gasteiger partial charge in [0.25, 0.3) is 5.91 Å². The Kier molecular flexibility index (Phi) is 6.24. The van der Waals surface area contributed by atoms with E-state index in [1.54, 1.807) is 24.3 Å². The molecule has 3 atom stereocenters. The van der Waals surface area contributed by atoms with Crippen molar-refractivity contribution in [1.82, 2.24) is 5.32 Å². The summed E-state index contributed by atoms with van der Waals surface area (Å²) in [5, 5.41) is 14.2.